The van der Waals surface area contributed by atoms with Gasteiger partial charge in [0.2, 0.25) is 5.91 Å². The molecule has 2 atom stereocenters. The number of amides is 1. The van der Waals surface area contributed by atoms with Gasteiger partial charge in [-0.1, -0.05) is 36.9 Å². The highest BCUT2D eigenvalue weighted by atomic mass is 32.2. The van der Waals surface area contributed by atoms with Gasteiger partial charge in [-0.05, 0) is 19.4 Å². The van der Waals surface area contributed by atoms with Gasteiger partial charge < -0.3 is 9.64 Å². The number of thioether (sulfide) groups is 1. The van der Waals surface area contributed by atoms with Crippen LogP contribution in [0.15, 0.2) is 42.5 Å². The number of hydrogen-bond donors (Lipinski definition) is 0. The zero-order chi connectivity index (χ0) is 15.4. The fraction of sp³-hybridized carbons (Fsp3) is 0.375. The predicted octanol–water partition coefficient (Wildman–Crippen LogP) is 2.77. The minimum atomic E-state index is -0.418. The Balaban J connectivity index is 2.02. The molecule has 1 aliphatic heterocycles. The van der Waals surface area contributed by atoms with Gasteiger partial charge in [0.1, 0.15) is 12.0 Å². The zero-order valence-electron chi connectivity index (χ0n) is 12.2. The summed E-state index contributed by atoms with van der Waals surface area (Å²) in [4.78, 5) is 25.4. The summed E-state index contributed by atoms with van der Waals surface area (Å²) in [5.74, 6) is -0.334. The number of carbonyl (C=O) groups is 2. The lowest BCUT2D eigenvalue weighted by Gasteiger charge is -2.24. The summed E-state index contributed by atoms with van der Waals surface area (Å²) in [5.41, 5.74) is 1.46. The van der Waals surface area contributed by atoms with E-state index in [2.05, 4.69) is 6.58 Å². The van der Waals surface area contributed by atoms with E-state index >= 15 is 0 Å². The smallest absolute Gasteiger partial charge is 0.333 e. The zero-order valence-corrected chi connectivity index (χ0v) is 13.1. The summed E-state index contributed by atoms with van der Waals surface area (Å²) >= 11 is 1.62. The first-order valence-electron chi connectivity index (χ1n) is 6.84. The van der Waals surface area contributed by atoms with Crippen LogP contribution in [0.2, 0.25) is 0 Å². The molecule has 21 heavy (non-hydrogen) atoms. The van der Waals surface area contributed by atoms with Crippen LogP contribution in [0.1, 0.15) is 24.8 Å². The van der Waals surface area contributed by atoms with Crippen molar-refractivity contribution < 1.29 is 14.3 Å². The Bertz CT molecular complexity index is 544. The van der Waals surface area contributed by atoms with Crippen molar-refractivity contribution >= 4 is 23.6 Å². The maximum Gasteiger partial charge on any atom is 0.333 e. The maximum atomic E-state index is 12.2. The van der Waals surface area contributed by atoms with Crippen molar-refractivity contribution in [3.63, 3.8) is 0 Å². The van der Waals surface area contributed by atoms with Gasteiger partial charge in [0.05, 0.1) is 11.8 Å². The van der Waals surface area contributed by atoms with E-state index in [4.69, 9.17) is 4.74 Å². The van der Waals surface area contributed by atoms with E-state index in [0.29, 0.717) is 12.1 Å². The minimum absolute atomic E-state index is 0.0165. The molecule has 0 radical (unpaired) electrons. The third-order valence-corrected chi connectivity index (χ3v) is 4.64. The second-order valence-corrected chi connectivity index (χ2v) is 6.42. The Hall–Kier alpha value is -1.75. The van der Waals surface area contributed by atoms with E-state index in [1.807, 2.05) is 37.3 Å². The van der Waals surface area contributed by atoms with Crippen molar-refractivity contribution in [3.8, 4) is 0 Å². The molecule has 2 rings (SSSR count). The summed E-state index contributed by atoms with van der Waals surface area (Å²) < 4.78 is 5.09. The summed E-state index contributed by atoms with van der Waals surface area (Å²) in [6.45, 7) is 7.63. The summed E-state index contributed by atoms with van der Waals surface area (Å²) in [6.07, 6.45) is 0. The molecule has 1 heterocycles. The Labute approximate surface area is 129 Å². The Morgan fingerprint density at radius 2 is 2.05 bits per heavy atom. The first kappa shape index (κ1) is 15.6. The lowest BCUT2D eigenvalue weighted by Crippen LogP contribution is -2.33. The van der Waals surface area contributed by atoms with Crippen LogP contribution < -0.4 is 0 Å². The summed E-state index contributed by atoms with van der Waals surface area (Å²) in [6, 6.07) is 9.89. The summed E-state index contributed by atoms with van der Waals surface area (Å²) in [7, 11) is 0. The molecular weight excluding hydrogens is 286 g/mol. The molecule has 1 saturated heterocycles. The molecule has 1 aliphatic rings. The van der Waals surface area contributed by atoms with Gasteiger partial charge in [-0.3, -0.25) is 4.79 Å². The quantitative estimate of drug-likeness (QED) is 0.620. The first-order valence-corrected chi connectivity index (χ1v) is 7.78. The molecule has 2 unspecified atom stereocenters. The van der Waals surface area contributed by atoms with Crippen molar-refractivity contribution in [2.75, 3.05) is 13.2 Å². The van der Waals surface area contributed by atoms with Crippen LogP contribution in [0.5, 0.6) is 0 Å². The molecular formula is C16H19NO3S. The van der Waals surface area contributed by atoms with E-state index in [1.54, 1.807) is 23.6 Å². The Morgan fingerprint density at radius 3 is 2.67 bits per heavy atom. The van der Waals surface area contributed by atoms with Gasteiger partial charge in [0, 0.05) is 5.57 Å². The SMILES string of the molecule is C=C(C)C(=O)OCCN1C(=O)C(C)SC1c1ccccc1. The fourth-order valence-corrected chi connectivity index (χ4v) is 3.45. The molecule has 0 aliphatic carbocycles. The molecule has 1 aromatic rings. The van der Waals surface area contributed by atoms with Crippen molar-refractivity contribution in [1.82, 2.24) is 4.90 Å². The molecule has 0 bridgehead atoms. The van der Waals surface area contributed by atoms with Gasteiger partial charge in [-0.15, -0.1) is 11.8 Å². The molecule has 0 saturated carbocycles. The Morgan fingerprint density at radius 1 is 1.38 bits per heavy atom. The number of ether oxygens (including phenoxy) is 1. The largest absolute Gasteiger partial charge is 0.460 e. The molecule has 1 fully saturated rings. The second kappa shape index (κ2) is 6.80. The van der Waals surface area contributed by atoms with Crippen molar-refractivity contribution in [2.24, 2.45) is 0 Å². The van der Waals surface area contributed by atoms with Crippen molar-refractivity contribution in [1.29, 1.82) is 0 Å². The topological polar surface area (TPSA) is 46.6 Å². The van der Waals surface area contributed by atoms with Crippen LogP contribution >= 0.6 is 11.8 Å². The minimum Gasteiger partial charge on any atom is -0.460 e. The van der Waals surface area contributed by atoms with E-state index < -0.39 is 5.97 Å². The number of carbonyl (C=O) groups excluding carboxylic acids is 2. The fourth-order valence-electron chi connectivity index (χ4n) is 2.14. The number of nitrogens with zero attached hydrogens (tertiary/aromatic N) is 1. The van der Waals surface area contributed by atoms with Crippen LogP contribution in [0.4, 0.5) is 0 Å². The average Bonchev–Trinajstić information content (AvgIpc) is 2.76. The molecule has 1 aromatic carbocycles. The second-order valence-electron chi connectivity index (χ2n) is 4.99. The van der Waals surface area contributed by atoms with Crippen LogP contribution in [0.25, 0.3) is 0 Å². The van der Waals surface area contributed by atoms with Gasteiger partial charge in [0.15, 0.2) is 0 Å². The molecule has 0 N–H and O–H groups in total. The summed E-state index contributed by atoms with van der Waals surface area (Å²) in [5, 5.41) is -0.0933. The normalized spacial score (nSPS) is 21.4. The maximum absolute atomic E-state index is 12.2. The van der Waals surface area contributed by atoms with Crippen LogP contribution in [0, 0.1) is 0 Å². The van der Waals surface area contributed by atoms with Gasteiger partial charge >= 0.3 is 5.97 Å². The van der Waals surface area contributed by atoms with Gasteiger partial charge in [-0.25, -0.2) is 4.79 Å². The number of benzene rings is 1. The van der Waals surface area contributed by atoms with E-state index in [1.165, 1.54) is 0 Å². The standard InChI is InChI=1S/C16H19NO3S/c1-11(2)16(19)20-10-9-17-14(18)12(3)21-15(17)13-7-5-4-6-8-13/h4-8,12,15H,1,9-10H2,2-3H3. The third-order valence-electron chi connectivity index (χ3n) is 3.25. The average molecular weight is 305 g/mol. The van der Waals surface area contributed by atoms with E-state index in [0.717, 1.165) is 5.56 Å². The first-order chi connectivity index (χ1) is 10.0. The predicted molar refractivity (Wildman–Crippen MR) is 83.7 cm³/mol. The number of esters is 1. The van der Waals surface area contributed by atoms with E-state index in [9.17, 15) is 9.59 Å². The molecule has 5 heteroatoms. The van der Waals surface area contributed by atoms with Gasteiger partial charge in [-0.2, -0.15) is 0 Å². The lowest BCUT2D eigenvalue weighted by molar-refractivity contribution is -0.141. The highest BCUT2D eigenvalue weighted by molar-refractivity contribution is 8.01. The molecule has 112 valence electrons. The molecule has 1 amide bonds. The van der Waals surface area contributed by atoms with E-state index in [-0.39, 0.29) is 23.1 Å². The van der Waals surface area contributed by atoms with Crippen LogP contribution in [-0.4, -0.2) is 35.2 Å². The molecule has 0 aromatic heterocycles. The number of rotatable bonds is 5. The van der Waals surface area contributed by atoms with Crippen LogP contribution in [-0.2, 0) is 14.3 Å². The highest BCUT2D eigenvalue weighted by Crippen LogP contribution is 2.42. The molecule has 4 nitrogen and oxygen atoms in total. The monoisotopic (exact) mass is 305 g/mol. The lowest BCUT2D eigenvalue weighted by atomic mass is 10.2. The van der Waals surface area contributed by atoms with Crippen molar-refractivity contribution in [3.05, 3.63) is 48.0 Å². The number of hydrogen-bond acceptors (Lipinski definition) is 4. The van der Waals surface area contributed by atoms with Gasteiger partial charge in [0.25, 0.3) is 0 Å². The van der Waals surface area contributed by atoms with Crippen LogP contribution in [0.3, 0.4) is 0 Å². The third kappa shape index (κ3) is 3.67. The van der Waals surface area contributed by atoms with Crippen molar-refractivity contribution in [2.45, 2.75) is 24.5 Å². The molecule has 0 spiro atoms. The highest BCUT2D eigenvalue weighted by Gasteiger charge is 2.38. The Kier molecular flexibility index (Phi) is 5.07.